The summed E-state index contributed by atoms with van der Waals surface area (Å²) in [4.78, 5) is 12.0. The number of aryl methyl sites for hydroxylation is 1. The summed E-state index contributed by atoms with van der Waals surface area (Å²) in [6.07, 6.45) is 6.45. The Morgan fingerprint density at radius 3 is 2.75 bits per heavy atom. The lowest BCUT2D eigenvalue weighted by molar-refractivity contribution is -0.122. The zero-order valence-corrected chi connectivity index (χ0v) is 10.4. The van der Waals surface area contributed by atoms with Crippen molar-refractivity contribution < 1.29 is 4.79 Å². The maximum Gasteiger partial charge on any atom is 0.142 e. The molecule has 0 aromatic carbocycles. The number of rotatable bonds is 7. The van der Waals surface area contributed by atoms with E-state index in [0.29, 0.717) is 12.2 Å². The van der Waals surface area contributed by atoms with Crippen molar-refractivity contribution in [3.8, 4) is 0 Å². The van der Waals surface area contributed by atoms with Gasteiger partial charge < -0.3 is 0 Å². The molecule has 0 fully saturated rings. The second-order valence-corrected chi connectivity index (χ2v) is 4.27. The number of ketones is 1. The molecule has 0 aliphatic carbocycles. The standard InChI is InChI=1S/C12H21N3O/c1-4-6-7-10(5-2)12(16)8-11-9-15(3)14-13-11/h9-10H,4-8H2,1-3H3. The molecule has 1 rings (SSSR count). The number of Topliss-reactive ketones (excluding diaryl/α,β-unsaturated/α-hetero) is 1. The Balaban J connectivity index is 2.49. The van der Waals surface area contributed by atoms with E-state index in [-0.39, 0.29) is 5.92 Å². The fourth-order valence-electron chi connectivity index (χ4n) is 1.84. The van der Waals surface area contributed by atoms with Gasteiger partial charge in [-0.2, -0.15) is 0 Å². The summed E-state index contributed by atoms with van der Waals surface area (Å²) in [6.45, 7) is 4.23. The van der Waals surface area contributed by atoms with Gasteiger partial charge in [0.2, 0.25) is 0 Å². The number of hydrogen-bond acceptors (Lipinski definition) is 3. The zero-order chi connectivity index (χ0) is 12.0. The van der Waals surface area contributed by atoms with Gasteiger partial charge in [-0.3, -0.25) is 9.48 Å². The summed E-state index contributed by atoms with van der Waals surface area (Å²) >= 11 is 0. The highest BCUT2D eigenvalue weighted by Gasteiger charge is 2.17. The lowest BCUT2D eigenvalue weighted by Crippen LogP contribution is -2.16. The number of carbonyl (C=O) groups excluding carboxylic acids is 1. The van der Waals surface area contributed by atoms with Crippen LogP contribution in [0.5, 0.6) is 0 Å². The van der Waals surface area contributed by atoms with E-state index in [1.165, 1.54) is 0 Å². The van der Waals surface area contributed by atoms with Crippen LogP contribution in [0, 0.1) is 5.92 Å². The predicted octanol–water partition coefficient (Wildman–Crippen LogP) is 2.14. The maximum absolute atomic E-state index is 12.0. The van der Waals surface area contributed by atoms with Gasteiger partial charge in [-0.05, 0) is 12.8 Å². The molecule has 4 nitrogen and oxygen atoms in total. The molecule has 0 amide bonds. The molecule has 1 aromatic heterocycles. The molecule has 1 heterocycles. The third-order valence-corrected chi connectivity index (χ3v) is 2.86. The smallest absolute Gasteiger partial charge is 0.142 e. The molecule has 0 bridgehead atoms. The van der Waals surface area contributed by atoms with Gasteiger partial charge in [-0.15, -0.1) is 5.10 Å². The van der Waals surface area contributed by atoms with Crippen molar-refractivity contribution >= 4 is 5.78 Å². The van der Waals surface area contributed by atoms with E-state index in [1.54, 1.807) is 4.68 Å². The predicted molar refractivity (Wildman–Crippen MR) is 63.0 cm³/mol. The van der Waals surface area contributed by atoms with Gasteiger partial charge in [0.25, 0.3) is 0 Å². The molecular formula is C12H21N3O. The number of nitrogens with zero attached hydrogens (tertiary/aromatic N) is 3. The van der Waals surface area contributed by atoms with Gasteiger partial charge in [-0.1, -0.05) is 31.9 Å². The maximum atomic E-state index is 12.0. The van der Waals surface area contributed by atoms with Gasteiger partial charge >= 0.3 is 0 Å². The van der Waals surface area contributed by atoms with Crippen LogP contribution >= 0.6 is 0 Å². The van der Waals surface area contributed by atoms with Crippen LogP contribution in [0.4, 0.5) is 0 Å². The molecule has 0 aliphatic rings. The second kappa shape index (κ2) is 6.40. The molecule has 0 N–H and O–H groups in total. The fraction of sp³-hybridized carbons (Fsp3) is 0.750. The summed E-state index contributed by atoms with van der Waals surface area (Å²) in [5, 5.41) is 7.78. The highest BCUT2D eigenvalue weighted by atomic mass is 16.1. The van der Waals surface area contributed by atoms with E-state index in [4.69, 9.17) is 0 Å². The average molecular weight is 223 g/mol. The van der Waals surface area contributed by atoms with Crippen molar-refractivity contribution in [1.29, 1.82) is 0 Å². The van der Waals surface area contributed by atoms with Crippen molar-refractivity contribution in [3.63, 3.8) is 0 Å². The largest absolute Gasteiger partial charge is 0.299 e. The van der Waals surface area contributed by atoms with Crippen LogP contribution in [0.3, 0.4) is 0 Å². The van der Waals surface area contributed by atoms with Crippen LogP contribution in [0.1, 0.15) is 45.2 Å². The molecule has 1 aromatic rings. The van der Waals surface area contributed by atoms with E-state index >= 15 is 0 Å². The molecule has 1 atom stereocenters. The molecule has 0 saturated heterocycles. The van der Waals surface area contributed by atoms with Gasteiger partial charge in [0, 0.05) is 19.2 Å². The van der Waals surface area contributed by atoms with Gasteiger partial charge in [0.1, 0.15) is 5.78 Å². The number of carbonyl (C=O) groups is 1. The molecular weight excluding hydrogens is 202 g/mol. The second-order valence-electron chi connectivity index (χ2n) is 4.27. The molecule has 0 saturated carbocycles. The summed E-state index contributed by atoms with van der Waals surface area (Å²) in [6, 6.07) is 0. The minimum Gasteiger partial charge on any atom is -0.299 e. The summed E-state index contributed by atoms with van der Waals surface area (Å²) in [5.74, 6) is 0.499. The molecule has 16 heavy (non-hydrogen) atoms. The van der Waals surface area contributed by atoms with Crippen LogP contribution in [-0.2, 0) is 18.3 Å². The van der Waals surface area contributed by atoms with E-state index in [2.05, 4.69) is 24.2 Å². The highest BCUT2D eigenvalue weighted by molar-refractivity contribution is 5.82. The highest BCUT2D eigenvalue weighted by Crippen LogP contribution is 2.15. The summed E-state index contributed by atoms with van der Waals surface area (Å²) < 4.78 is 1.63. The minimum absolute atomic E-state index is 0.196. The Morgan fingerprint density at radius 1 is 1.50 bits per heavy atom. The minimum atomic E-state index is 0.196. The lowest BCUT2D eigenvalue weighted by atomic mass is 9.92. The third kappa shape index (κ3) is 3.76. The molecule has 4 heteroatoms. The van der Waals surface area contributed by atoms with Crippen molar-refractivity contribution in [1.82, 2.24) is 15.0 Å². The summed E-state index contributed by atoms with van der Waals surface area (Å²) in [7, 11) is 1.81. The first-order chi connectivity index (χ1) is 7.67. The Bertz CT molecular complexity index is 333. The topological polar surface area (TPSA) is 47.8 Å². The van der Waals surface area contributed by atoms with Gasteiger partial charge in [0.05, 0.1) is 12.1 Å². The van der Waals surface area contributed by atoms with E-state index in [9.17, 15) is 4.79 Å². The van der Waals surface area contributed by atoms with E-state index in [1.807, 2.05) is 13.2 Å². The van der Waals surface area contributed by atoms with Crippen LogP contribution in [-0.4, -0.2) is 20.8 Å². The van der Waals surface area contributed by atoms with Crippen molar-refractivity contribution in [2.45, 2.75) is 46.0 Å². The normalized spacial score (nSPS) is 12.7. The Kier molecular flexibility index (Phi) is 5.15. The van der Waals surface area contributed by atoms with Gasteiger partial charge in [0.15, 0.2) is 0 Å². The molecule has 0 radical (unpaired) electrons. The van der Waals surface area contributed by atoms with Crippen LogP contribution in [0.25, 0.3) is 0 Å². The Morgan fingerprint density at radius 2 is 2.25 bits per heavy atom. The Labute approximate surface area is 97.0 Å². The SMILES string of the molecule is CCCCC(CC)C(=O)Cc1cn(C)nn1. The fourth-order valence-corrected chi connectivity index (χ4v) is 1.84. The van der Waals surface area contributed by atoms with Gasteiger partial charge in [-0.25, -0.2) is 0 Å². The molecule has 0 aliphatic heterocycles. The van der Waals surface area contributed by atoms with Crippen molar-refractivity contribution in [3.05, 3.63) is 11.9 Å². The lowest BCUT2D eigenvalue weighted by Gasteiger charge is -2.11. The molecule has 90 valence electrons. The van der Waals surface area contributed by atoms with Crippen LogP contribution < -0.4 is 0 Å². The first-order valence-electron chi connectivity index (χ1n) is 6.05. The van der Waals surface area contributed by atoms with Crippen molar-refractivity contribution in [2.24, 2.45) is 13.0 Å². The summed E-state index contributed by atoms with van der Waals surface area (Å²) in [5.41, 5.74) is 0.780. The van der Waals surface area contributed by atoms with E-state index < -0.39 is 0 Å². The third-order valence-electron chi connectivity index (χ3n) is 2.86. The quantitative estimate of drug-likeness (QED) is 0.711. The Hall–Kier alpha value is -1.19. The first-order valence-corrected chi connectivity index (χ1v) is 6.05. The monoisotopic (exact) mass is 223 g/mol. The molecule has 0 spiro atoms. The average Bonchev–Trinajstić information content (AvgIpc) is 2.65. The zero-order valence-electron chi connectivity index (χ0n) is 10.4. The number of unbranched alkanes of at least 4 members (excludes halogenated alkanes) is 1. The van der Waals surface area contributed by atoms with Crippen LogP contribution in [0.2, 0.25) is 0 Å². The van der Waals surface area contributed by atoms with Crippen molar-refractivity contribution in [2.75, 3.05) is 0 Å². The van der Waals surface area contributed by atoms with E-state index in [0.717, 1.165) is 31.4 Å². The number of hydrogen-bond donors (Lipinski definition) is 0. The first kappa shape index (κ1) is 12.9. The molecule has 1 unspecified atom stereocenters. The number of aromatic nitrogens is 3. The van der Waals surface area contributed by atoms with Crippen LogP contribution in [0.15, 0.2) is 6.20 Å².